The predicted molar refractivity (Wildman–Crippen MR) is 84.1 cm³/mol. The van der Waals surface area contributed by atoms with Crippen molar-refractivity contribution in [2.24, 2.45) is 0 Å². The summed E-state index contributed by atoms with van der Waals surface area (Å²) in [6.45, 7) is 0. The monoisotopic (exact) mass is 341 g/mol. The molecule has 1 rings (SSSR count). The third-order valence-electron chi connectivity index (χ3n) is 3.85. The first-order valence-electron chi connectivity index (χ1n) is 7.10. The van der Waals surface area contributed by atoms with Gasteiger partial charge < -0.3 is 4.90 Å². The second-order valence-electron chi connectivity index (χ2n) is 6.02. The van der Waals surface area contributed by atoms with Crippen molar-refractivity contribution < 1.29 is 16.8 Å². The average Bonchev–Trinajstić information content (AvgIpc) is 2.75. The lowest BCUT2D eigenvalue weighted by Gasteiger charge is -2.19. The molecule has 126 valence electrons. The van der Waals surface area contributed by atoms with Crippen LogP contribution in [-0.2, 0) is 20.0 Å². The Bertz CT molecular complexity index is 529. The van der Waals surface area contributed by atoms with Gasteiger partial charge >= 0.3 is 0 Å². The predicted octanol–water partition coefficient (Wildman–Crippen LogP) is -0.330. The molecule has 0 bridgehead atoms. The van der Waals surface area contributed by atoms with Gasteiger partial charge in [0.25, 0.3) is 0 Å². The van der Waals surface area contributed by atoms with Crippen LogP contribution in [0.4, 0.5) is 0 Å². The molecule has 0 aromatic carbocycles. The Morgan fingerprint density at radius 3 is 2.10 bits per heavy atom. The first kappa shape index (κ1) is 18.8. The lowest BCUT2D eigenvalue weighted by Crippen LogP contribution is -2.37. The van der Waals surface area contributed by atoms with Gasteiger partial charge in [-0.2, -0.15) is 0 Å². The van der Waals surface area contributed by atoms with E-state index in [1.807, 2.05) is 14.1 Å². The molecule has 1 fully saturated rings. The third-order valence-corrected chi connectivity index (χ3v) is 7.29. The smallest absolute Gasteiger partial charge is 0.213 e. The molecule has 0 aliphatic heterocycles. The Morgan fingerprint density at radius 1 is 1.00 bits per heavy atom. The van der Waals surface area contributed by atoms with Crippen molar-refractivity contribution in [3.05, 3.63) is 0 Å². The Kier molecular flexibility index (Phi) is 6.60. The van der Waals surface area contributed by atoms with Gasteiger partial charge in [0.1, 0.15) is 0 Å². The molecule has 0 aromatic heterocycles. The zero-order valence-electron chi connectivity index (χ0n) is 13.2. The Balaban J connectivity index is 2.42. The Labute approximate surface area is 128 Å². The molecule has 0 unspecified atom stereocenters. The summed E-state index contributed by atoms with van der Waals surface area (Å²) in [7, 11) is 0.133. The van der Waals surface area contributed by atoms with Gasteiger partial charge in [-0.05, 0) is 39.8 Å². The van der Waals surface area contributed by atoms with E-state index in [2.05, 4.69) is 9.62 Å². The maximum Gasteiger partial charge on any atom is 0.213 e. The van der Waals surface area contributed by atoms with Crippen molar-refractivity contribution in [1.82, 2.24) is 13.9 Å². The van der Waals surface area contributed by atoms with E-state index in [-0.39, 0.29) is 24.0 Å². The van der Waals surface area contributed by atoms with Crippen LogP contribution in [0, 0.1) is 0 Å². The lowest BCUT2D eigenvalue weighted by atomic mass is 10.2. The van der Waals surface area contributed by atoms with Gasteiger partial charge in [-0.3, -0.25) is 0 Å². The van der Waals surface area contributed by atoms with Crippen molar-refractivity contribution in [3.8, 4) is 0 Å². The summed E-state index contributed by atoms with van der Waals surface area (Å²) in [5, 5.41) is 0. The van der Waals surface area contributed by atoms with Crippen LogP contribution in [0.25, 0.3) is 0 Å². The molecular formula is C12H27N3O4S2. The molecule has 21 heavy (non-hydrogen) atoms. The highest BCUT2D eigenvalue weighted by Crippen LogP contribution is 2.23. The summed E-state index contributed by atoms with van der Waals surface area (Å²) in [5.41, 5.74) is 0. The van der Waals surface area contributed by atoms with E-state index in [4.69, 9.17) is 0 Å². The molecule has 2 atom stereocenters. The minimum absolute atomic E-state index is 0.0344. The fraction of sp³-hybridized carbons (Fsp3) is 1.00. The molecular weight excluding hydrogens is 314 g/mol. The second kappa shape index (κ2) is 7.36. The van der Waals surface area contributed by atoms with Crippen LogP contribution in [0.15, 0.2) is 0 Å². The fourth-order valence-corrected chi connectivity index (χ4v) is 4.88. The number of sulfonamides is 2. The number of rotatable bonds is 8. The van der Waals surface area contributed by atoms with Crippen LogP contribution >= 0.6 is 0 Å². The summed E-state index contributed by atoms with van der Waals surface area (Å²) >= 11 is 0. The van der Waals surface area contributed by atoms with Gasteiger partial charge in [-0.1, -0.05) is 0 Å². The zero-order chi connectivity index (χ0) is 16.3. The van der Waals surface area contributed by atoms with Gasteiger partial charge in [0.2, 0.25) is 20.0 Å². The first-order valence-corrected chi connectivity index (χ1v) is 10.4. The summed E-state index contributed by atoms with van der Waals surface area (Å²) < 4.78 is 50.9. The summed E-state index contributed by atoms with van der Waals surface area (Å²) in [6.07, 6.45) is 2.73. The Morgan fingerprint density at radius 2 is 1.62 bits per heavy atom. The lowest BCUT2D eigenvalue weighted by molar-refractivity contribution is 0.295. The van der Waals surface area contributed by atoms with Crippen LogP contribution in [0.3, 0.4) is 0 Å². The summed E-state index contributed by atoms with van der Waals surface area (Å²) in [5.74, 6) is -0.297. The minimum atomic E-state index is -3.41. The highest BCUT2D eigenvalue weighted by molar-refractivity contribution is 7.90. The van der Waals surface area contributed by atoms with E-state index in [1.54, 1.807) is 0 Å². The molecule has 0 spiro atoms. The zero-order valence-corrected chi connectivity index (χ0v) is 14.9. The van der Waals surface area contributed by atoms with Gasteiger partial charge in [0.15, 0.2) is 0 Å². The van der Waals surface area contributed by atoms with Crippen LogP contribution in [-0.4, -0.2) is 77.8 Å². The van der Waals surface area contributed by atoms with E-state index >= 15 is 0 Å². The van der Waals surface area contributed by atoms with E-state index in [0.29, 0.717) is 6.04 Å². The van der Waals surface area contributed by atoms with Crippen LogP contribution in [0.1, 0.15) is 25.7 Å². The van der Waals surface area contributed by atoms with Crippen molar-refractivity contribution in [2.75, 3.05) is 39.7 Å². The fourth-order valence-electron chi connectivity index (χ4n) is 2.46. The first-order chi connectivity index (χ1) is 9.53. The van der Waals surface area contributed by atoms with Crippen molar-refractivity contribution in [1.29, 1.82) is 0 Å². The SMILES string of the molecule is CN(C)[C@H]1CC[C@H](NS(=O)(=O)CCCS(=O)(=O)N(C)C)C1. The van der Waals surface area contributed by atoms with Crippen LogP contribution in [0.5, 0.6) is 0 Å². The quantitative estimate of drug-likeness (QED) is 0.653. The number of nitrogens with one attached hydrogen (secondary N) is 1. The number of nitrogens with zero attached hydrogens (tertiary/aromatic N) is 2. The maximum atomic E-state index is 12.0. The molecule has 1 saturated carbocycles. The van der Waals surface area contributed by atoms with Gasteiger partial charge in [-0.15, -0.1) is 0 Å². The van der Waals surface area contributed by atoms with Crippen molar-refractivity contribution in [2.45, 2.75) is 37.8 Å². The van der Waals surface area contributed by atoms with Gasteiger partial charge in [-0.25, -0.2) is 25.9 Å². The van der Waals surface area contributed by atoms with Crippen LogP contribution in [0.2, 0.25) is 0 Å². The second-order valence-corrected chi connectivity index (χ2v) is 10.2. The molecule has 0 radical (unpaired) electrons. The maximum absolute atomic E-state index is 12.0. The Hall–Kier alpha value is -0.220. The molecule has 7 nitrogen and oxygen atoms in total. The number of hydrogen-bond acceptors (Lipinski definition) is 5. The molecule has 1 aliphatic carbocycles. The molecule has 9 heteroatoms. The average molecular weight is 341 g/mol. The summed E-state index contributed by atoms with van der Waals surface area (Å²) in [6, 6.07) is 0.375. The van der Waals surface area contributed by atoms with E-state index in [1.165, 1.54) is 14.1 Å². The molecule has 1 aliphatic rings. The summed E-state index contributed by atoms with van der Waals surface area (Å²) in [4.78, 5) is 2.11. The normalized spacial score (nSPS) is 24.1. The van der Waals surface area contributed by atoms with Gasteiger partial charge in [0.05, 0.1) is 11.5 Å². The van der Waals surface area contributed by atoms with E-state index in [0.717, 1.165) is 23.6 Å². The van der Waals surface area contributed by atoms with E-state index in [9.17, 15) is 16.8 Å². The van der Waals surface area contributed by atoms with E-state index < -0.39 is 20.0 Å². The topological polar surface area (TPSA) is 86.8 Å². The van der Waals surface area contributed by atoms with Crippen molar-refractivity contribution >= 4 is 20.0 Å². The van der Waals surface area contributed by atoms with Crippen molar-refractivity contribution in [3.63, 3.8) is 0 Å². The molecule has 0 saturated heterocycles. The highest BCUT2D eigenvalue weighted by atomic mass is 32.2. The molecule has 0 heterocycles. The highest BCUT2D eigenvalue weighted by Gasteiger charge is 2.29. The molecule has 1 N–H and O–H groups in total. The third kappa shape index (κ3) is 6.19. The molecule has 0 amide bonds. The largest absolute Gasteiger partial charge is 0.306 e. The van der Waals surface area contributed by atoms with Gasteiger partial charge in [0, 0.05) is 26.2 Å². The molecule has 0 aromatic rings. The number of hydrogen-bond donors (Lipinski definition) is 1. The van der Waals surface area contributed by atoms with Crippen LogP contribution < -0.4 is 4.72 Å². The standard InChI is InChI=1S/C12H27N3O4S2/c1-14(2)12-7-6-11(10-12)13-20(16,17)8-5-9-21(18,19)15(3)4/h11-13H,5-10H2,1-4H3/t11-,12-/m0/s1. The minimum Gasteiger partial charge on any atom is -0.306 e.